The van der Waals surface area contributed by atoms with Crippen molar-refractivity contribution < 1.29 is 4.74 Å². The number of nitrogens with zero attached hydrogens (tertiary/aromatic N) is 2. The molecule has 2 aromatic rings. The molecular formula is C11H11N3O. The van der Waals surface area contributed by atoms with Crippen molar-refractivity contribution in [1.29, 1.82) is 0 Å². The summed E-state index contributed by atoms with van der Waals surface area (Å²) in [7, 11) is 0. The number of hydrogen-bond donors (Lipinski definition) is 1. The Balaban J connectivity index is 1.99. The molecular weight excluding hydrogens is 190 g/mol. The minimum Gasteiger partial charge on any atom is -0.472 e. The molecule has 0 saturated carbocycles. The van der Waals surface area contributed by atoms with Crippen LogP contribution in [0.2, 0.25) is 0 Å². The van der Waals surface area contributed by atoms with Crippen molar-refractivity contribution >= 4 is 5.69 Å². The Morgan fingerprint density at radius 1 is 1.20 bits per heavy atom. The van der Waals surface area contributed by atoms with Crippen LogP contribution in [0.5, 0.6) is 5.88 Å². The van der Waals surface area contributed by atoms with E-state index in [1.807, 2.05) is 30.3 Å². The van der Waals surface area contributed by atoms with Gasteiger partial charge in [0.2, 0.25) is 5.88 Å². The minimum absolute atomic E-state index is 0.443. The summed E-state index contributed by atoms with van der Waals surface area (Å²) >= 11 is 0. The summed E-state index contributed by atoms with van der Waals surface area (Å²) in [5.74, 6) is 0.443. The van der Waals surface area contributed by atoms with Crippen LogP contribution in [0.15, 0.2) is 42.6 Å². The van der Waals surface area contributed by atoms with Gasteiger partial charge in [0, 0.05) is 6.07 Å². The first kappa shape index (κ1) is 9.45. The molecule has 0 bridgehead atoms. The third-order valence-corrected chi connectivity index (χ3v) is 1.88. The molecule has 0 aliphatic rings. The lowest BCUT2D eigenvalue weighted by Crippen LogP contribution is -1.99. The molecule has 0 aliphatic heterocycles. The van der Waals surface area contributed by atoms with E-state index in [2.05, 4.69) is 10.2 Å². The second-order valence-corrected chi connectivity index (χ2v) is 3.10. The maximum absolute atomic E-state index is 5.55. The number of nitrogens with two attached hydrogens (primary N) is 1. The highest BCUT2D eigenvalue weighted by atomic mass is 16.5. The number of nitrogen functional groups attached to an aromatic ring is 1. The number of anilines is 1. The van der Waals surface area contributed by atoms with Gasteiger partial charge in [0.05, 0.1) is 11.9 Å². The molecule has 1 aromatic heterocycles. The van der Waals surface area contributed by atoms with Crippen LogP contribution in [0.4, 0.5) is 5.69 Å². The highest BCUT2D eigenvalue weighted by Crippen LogP contribution is 2.10. The first-order valence-electron chi connectivity index (χ1n) is 4.59. The van der Waals surface area contributed by atoms with Crippen LogP contribution in [0.25, 0.3) is 0 Å². The van der Waals surface area contributed by atoms with Crippen LogP contribution in [-0.2, 0) is 6.61 Å². The number of aromatic nitrogens is 2. The third kappa shape index (κ3) is 2.67. The van der Waals surface area contributed by atoms with Gasteiger partial charge in [-0.25, -0.2) is 0 Å². The lowest BCUT2D eigenvalue weighted by molar-refractivity contribution is 0.290. The molecule has 0 radical (unpaired) electrons. The maximum atomic E-state index is 5.55. The summed E-state index contributed by atoms with van der Waals surface area (Å²) in [5, 5.41) is 7.50. The summed E-state index contributed by atoms with van der Waals surface area (Å²) in [6.07, 6.45) is 1.48. The fraction of sp³-hybridized carbons (Fsp3) is 0.0909. The molecule has 4 heteroatoms. The average molecular weight is 201 g/mol. The molecule has 0 unspecified atom stereocenters. The fourth-order valence-electron chi connectivity index (χ4n) is 1.16. The van der Waals surface area contributed by atoms with Crippen LogP contribution in [0.1, 0.15) is 5.56 Å². The van der Waals surface area contributed by atoms with Crippen molar-refractivity contribution in [2.45, 2.75) is 6.61 Å². The van der Waals surface area contributed by atoms with Crippen molar-refractivity contribution in [3.05, 3.63) is 48.2 Å². The quantitative estimate of drug-likeness (QED) is 0.820. The normalized spacial score (nSPS) is 9.87. The fourth-order valence-corrected chi connectivity index (χ4v) is 1.16. The van der Waals surface area contributed by atoms with Gasteiger partial charge in [-0.3, -0.25) is 0 Å². The molecule has 0 saturated heterocycles. The summed E-state index contributed by atoms with van der Waals surface area (Å²) in [6.45, 7) is 0.471. The van der Waals surface area contributed by atoms with Gasteiger partial charge in [0.1, 0.15) is 6.61 Å². The average Bonchev–Trinajstić information content (AvgIpc) is 2.28. The molecule has 76 valence electrons. The number of rotatable bonds is 3. The topological polar surface area (TPSA) is 61.0 Å². The lowest BCUT2D eigenvalue weighted by atomic mass is 10.2. The molecule has 2 N–H and O–H groups in total. The molecule has 0 spiro atoms. The summed E-state index contributed by atoms with van der Waals surface area (Å²) in [5.41, 5.74) is 7.18. The molecule has 1 aromatic carbocycles. The summed E-state index contributed by atoms with van der Waals surface area (Å²) < 4.78 is 5.42. The minimum atomic E-state index is 0.443. The molecule has 0 atom stereocenters. The van der Waals surface area contributed by atoms with E-state index in [0.717, 1.165) is 5.56 Å². The number of ether oxygens (including phenoxy) is 1. The Hall–Kier alpha value is -2.10. The maximum Gasteiger partial charge on any atom is 0.235 e. The zero-order valence-electron chi connectivity index (χ0n) is 8.13. The van der Waals surface area contributed by atoms with E-state index in [4.69, 9.17) is 10.5 Å². The van der Waals surface area contributed by atoms with Crippen molar-refractivity contribution in [1.82, 2.24) is 10.2 Å². The van der Waals surface area contributed by atoms with Crippen LogP contribution < -0.4 is 10.5 Å². The van der Waals surface area contributed by atoms with E-state index in [0.29, 0.717) is 18.2 Å². The molecule has 0 aliphatic carbocycles. The predicted octanol–water partition coefficient (Wildman–Crippen LogP) is 1.64. The highest BCUT2D eigenvalue weighted by Gasteiger charge is 1.97. The van der Waals surface area contributed by atoms with Gasteiger partial charge in [0.25, 0.3) is 0 Å². The molecule has 1 heterocycles. The molecule has 2 rings (SSSR count). The van der Waals surface area contributed by atoms with Gasteiger partial charge in [-0.05, 0) is 5.56 Å². The van der Waals surface area contributed by atoms with Crippen molar-refractivity contribution in [3.8, 4) is 5.88 Å². The Kier molecular flexibility index (Phi) is 2.78. The van der Waals surface area contributed by atoms with Crippen LogP contribution in [-0.4, -0.2) is 10.2 Å². The number of benzene rings is 1. The Morgan fingerprint density at radius 2 is 2.00 bits per heavy atom. The van der Waals surface area contributed by atoms with E-state index in [1.54, 1.807) is 6.07 Å². The molecule has 0 amide bonds. The standard InChI is InChI=1S/C11H11N3O/c12-10-6-11(14-13-7-10)15-8-9-4-2-1-3-5-9/h1-7H,8H2,(H2,12,14). The van der Waals surface area contributed by atoms with E-state index in [9.17, 15) is 0 Å². The second-order valence-electron chi connectivity index (χ2n) is 3.10. The van der Waals surface area contributed by atoms with Gasteiger partial charge in [-0.1, -0.05) is 30.3 Å². The summed E-state index contributed by atoms with van der Waals surface area (Å²) in [4.78, 5) is 0. The summed E-state index contributed by atoms with van der Waals surface area (Å²) in [6, 6.07) is 11.5. The van der Waals surface area contributed by atoms with Crippen molar-refractivity contribution in [2.24, 2.45) is 0 Å². The van der Waals surface area contributed by atoms with E-state index < -0.39 is 0 Å². The second kappa shape index (κ2) is 4.41. The predicted molar refractivity (Wildman–Crippen MR) is 57.2 cm³/mol. The van der Waals surface area contributed by atoms with Crippen molar-refractivity contribution in [2.75, 3.05) is 5.73 Å². The van der Waals surface area contributed by atoms with Crippen LogP contribution in [0.3, 0.4) is 0 Å². The van der Waals surface area contributed by atoms with Crippen LogP contribution >= 0.6 is 0 Å². The Bertz CT molecular complexity index is 431. The molecule has 15 heavy (non-hydrogen) atoms. The zero-order chi connectivity index (χ0) is 10.5. The van der Waals surface area contributed by atoms with Gasteiger partial charge in [0.15, 0.2) is 0 Å². The molecule has 4 nitrogen and oxygen atoms in total. The highest BCUT2D eigenvalue weighted by molar-refractivity contribution is 5.36. The number of hydrogen-bond acceptors (Lipinski definition) is 4. The monoisotopic (exact) mass is 201 g/mol. The van der Waals surface area contributed by atoms with E-state index in [1.165, 1.54) is 6.20 Å². The first-order chi connectivity index (χ1) is 7.34. The van der Waals surface area contributed by atoms with Gasteiger partial charge < -0.3 is 10.5 Å². The molecule has 0 fully saturated rings. The zero-order valence-corrected chi connectivity index (χ0v) is 8.13. The SMILES string of the molecule is Nc1cnnc(OCc2ccccc2)c1. The Labute approximate surface area is 87.7 Å². The van der Waals surface area contributed by atoms with Gasteiger partial charge in [-0.2, -0.15) is 5.10 Å². The van der Waals surface area contributed by atoms with Gasteiger partial charge >= 0.3 is 0 Å². The van der Waals surface area contributed by atoms with Crippen LogP contribution in [0, 0.1) is 0 Å². The first-order valence-corrected chi connectivity index (χ1v) is 4.59. The largest absolute Gasteiger partial charge is 0.472 e. The Morgan fingerprint density at radius 3 is 2.73 bits per heavy atom. The third-order valence-electron chi connectivity index (χ3n) is 1.88. The van der Waals surface area contributed by atoms with E-state index >= 15 is 0 Å². The van der Waals surface area contributed by atoms with Crippen molar-refractivity contribution in [3.63, 3.8) is 0 Å². The smallest absolute Gasteiger partial charge is 0.235 e. The lowest BCUT2D eigenvalue weighted by Gasteiger charge is -2.04. The van der Waals surface area contributed by atoms with Gasteiger partial charge in [-0.15, -0.1) is 5.10 Å². The van der Waals surface area contributed by atoms with E-state index in [-0.39, 0.29) is 0 Å².